The Morgan fingerprint density at radius 2 is 2.17 bits per heavy atom. The predicted octanol–water partition coefficient (Wildman–Crippen LogP) is 4.67. The first-order valence-corrected chi connectivity index (χ1v) is 7.40. The van der Waals surface area contributed by atoms with Gasteiger partial charge in [0.15, 0.2) is 0 Å². The van der Waals surface area contributed by atoms with Gasteiger partial charge in [-0.2, -0.15) is 0 Å². The van der Waals surface area contributed by atoms with Crippen LogP contribution >= 0.6 is 39.3 Å². The lowest BCUT2D eigenvalue weighted by Crippen LogP contribution is -2.06. The molecule has 0 aliphatic rings. The van der Waals surface area contributed by atoms with Gasteiger partial charge in [-0.15, -0.1) is 0 Å². The molecule has 0 amide bonds. The van der Waals surface area contributed by atoms with Crippen molar-refractivity contribution in [3.05, 3.63) is 51.6 Å². The van der Waals surface area contributed by atoms with E-state index in [4.69, 9.17) is 17.3 Å². The molecule has 0 fully saturated rings. The van der Waals surface area contributed by atoms with Crippen molar-refractivity contribution < 1.29 is 0 Å². The Bertz CT molecular complexity index is 560. The number of hydrogen-bond acceptors (Lipinski definition) is 3. The number of halogens is 2. The molecule has 0 bridgehead atoms. The van der Waals surface area contributed by atoms with Gasteiger partial charge in [0.05, 0.1) is 5.02 Å². The molecule has 2 nitrogen and oxygen atoms in total. The third kappa shape index (κ3) is 3.26. The highest BCUT2D eigenvalue weighted by Gasteiger charge is 2.11. The average Bonchev–Trinajstić information content (AvgIpc) is 2.34. The van der Waals surface area contributed by atoms with Gasteiger partial charge in [-0.1, -0.05) is 39.3 Å². The summed E-state index contributed by atoms with van der Waals surface area (Å²) in [5.41, 5.74) is 7.07. The number of nitrogens with zero attached hydrogens (tertiary/aromatic N) is 1. The molecule has 0 saturated heterocycles. The quantitative estimate of drug-likeness (QED) is 0.880. The molecule has 2 aromatic rings. The Kier molecular flexibility index (Phi) is 4.67. The lowest BCUT2D eigenvalue weighted by Gasteiger charge is -2.13. The number of aromatic nitrogens is 1. The normalized spacial score (nSPS) is 12.4. The van der Waals surface area contributed by atoms with Crippen LogP contribution in [0.5, 0.6) is 0 Å². The molecule has 5 heteroatoms. The topological polar surface area (TPSA) is 38.9 Å². The van der Waals surface area contributed by atoms with Crippen molar-refractivity contribution in [3.63, 3.8) is 0 Å². The Labute approximate surface area is 124 Å². The molecule has 0 spiro atoms. The van der Waals surface area contributed by atoms with Crippen molar-refractivity contribution in [1.82, 2.24) is 4.98 Å². The van der Waals surface area contributed by atoms with E-state index in [1.165, 1.54) is 11.8 Å². The minimum Gasteiger partial charge on any atom is -0.324 e. The molecule has 2 rings (SSSR count). The van der Waals surface area contributed by atoms with Gasteiger partial charge in [0, 0.05) is 21.6 Å². The third-order valence-electron chi connectivity index (χ3n) is 2.39. The van der Waals surface area contributed by atoms with Gasteiger partial charge >= 0.3 is 0 Å². The lowest BCUT2D eigenvalue weighted by atomic mass is 10.1. The molecule has 18 heavy (non-hydrogen) atoms. The van der Waals surface area contributed by atoms with Crippen molar-refractivity contribution in [1.29, 1.82) is 0 Å². The predicted molar refractivity (Wildman–Crippen MR) is 80.1 cm³/mol. The van der Waals surface area contributed by atoms with Crippen LogP contribution in [-0.4, -0.2) is 4.98 Å². The summed E-state index contributed by atoms with van der Waals surface area (Å²) >= 11 is 11.1. The van der Waals surface area contributed by atoms with E-state index < -0.39 is 0 Å². The summed E-state index contributed by atoms with van der Waals surface area (Å²) in [7, 11) is 0. The second-order valence-corrected chi connectivity index (χ2v) is 6.22. The summed E-state index contributed by atoms with van der Waals surface area (Å²) in [6, 6.07) is 9.67. The third-order valence-corrected chi connectivity index (χ3v) is 4.41. The maximum atomic E-state index is 6.11. The van der Waals surface area contributed by atoms with Crippen LogP contribution in [0.1, 0.15) is 18.5 Å². The SMILES string of the molecule is CC(N)c1cc(Br)ccc1Sc1ncccc1Cl. The minimum atomic E-state index is -0.0347. The fraction of sp³-hybridized carbons (Fsp3) is 0.154. The number of hydrogen-bond donors (Lipinski definition) is 1. The Morgan fingerprint density at radius 3 is 2.83 bits per heavy atom. The van der Waals surface area contributed by atoms with Crippen LogP contribution < -0.4 is 5.73 Å². The fourth-order valence-electron chi connectivity index (χ4n) is 1.52. The highest BCUT2D eigenvalue weighted by Crippen LogP contribution is 2.36. The maximum Gasteiger partial charge on any atom is 0.119 e. The maximum absolute atomic E-state index is 6.11. The molecular weight excluding hydrogens is 332 g/mol. The zero-order valence-corrected chi connectivity index (χ0v) is 12.9. The van der Waals surface area contributed by atoms with Gasteiger partial charge in [-0.3, -0.25) is 0 Å². The van der Waals surface area contributed by atoms with E-state index in [-0.39, 0.29) is 6.04 Å². The highest BCUT2D eigenvalue weighted by molar-refractivity contribution is 9.10. The highest BCUT2D eigenvalue weighted by atomic mass is 79.9. The zero-order valence-electron chi connectivity index (χ0n) is 9.73. The van der Waals surface area contributed by atoms with Crippen LogP contribution in [-0.2, 0) is 0 Å². The molecular formula is C13H12BrClN2S. The van der Waals surface area contributed by atoms with Crippen molar-refractivity contribution in [3.8, 4) is 0 Å². The van der Waals surface area contributed by atoms with Crippen LogP contribution in [0.2, 0.25) is 5.02 Å². The molecule has 2 N–H and O–H groups in total. The van der Waals surface area contributed by atoms with Gasteiger partial charge < -0.3 is 5.73 Å². The van der Waals surface area contributed by atoms with E-state index in [0.717, 1.165) is 20.0 Å². The number of pyridine rings is 1. The van der Waals surface area contributed by atoms with E-state index >= 15 is 0 Å². The van der Waals surface area contributed by atoms with E-state index in [1.54, 1.807) is 6.20 Å². The zero-order chi connectivity index (χ0) is 13.1. The van der Waals surface area contributed by atoms with Crippen molar-refractivity contribution in [2.24, 2.45) is 5.73 Å². The summed E-state index contributed by atoms with van der Waals surface area (Å²) in [5.74, 6) is 0. The van der Waals surface area contributed by atoms with Crippen LogP contribution in [0.3, 0.4) is 0 Å². The summed E-state index contributed by atoms with van der Waals surface area (Å²) in [5, 5.41) is 1.45. The van der Waals surface area contributed by atoms with E-state index in [9.17, 15) is 0 Å². The molecule has 1 aromatic heterocycles. The summed E-state index contributed by atoms with van der Waals surface area (Å²) in [6.07, 6.45) is 1.73. The molecule has 0 aliphatic carbocycles. The molecule has 1 unspecified atom stereocenters. The molecule has 0 aliphatic heterocycles. The van der Waals surface area contributed by atoms with Crippen LogP contribution in [0, 0.1) is 0 Å². The molecule has 0 saturated carbocycles. The van der Waals surface area contributed by atoms with Gasteiger partial charge in [-0.25, -0.2) is 4.98 Å². The lowest BCUT2D eigenvalue weighted by molar-refractivity contribution is 0.796. The summed E-state index contributed by atoms with van der Waals surface area (Å²) in [6.45, 7) is 1.96. The molecule has 1 atom stereocenters. The monoisotopic (exact) mass is 342 g/mol. The first kappa shape index (κ1) is 13.9. The summed E-state index contributed by atoms with van der Waals surface area (Å²) < 4.78 is 1.02. The second-order valence-electron chi connectivity index (χ2n) is 3.86. The van der Waals surface area contributed by atoms with Crippen LogP contribution in [0.15, 0.2) is 50.9 Å². The molecule has 0 radical (unpaired) electrons. The van der Waals surface area contributed by atoms with Crippen molar-refractivity contribution >= 4 is 39.3 Å². The first-order valence-electron chi connectivity index (χ1n) is 5.41. The van der Waals surface area contributed by atoms with Crippen LogP contribution in [0.4, 0.5) is 0 Å². The van der Waals surface area contributed by atoms with E-state index in [1.807, 2.05) is 37.3 Å². The Morgan fingerprint density at radius 1 is 1.39 bits per heavy atom. The second kappa shape index (κ2) is 6.06. The molecule has 1 heterocycles. The number of nitrogens with two attached hydrogens (primary N) is 1. The fourth-order valence-corrected chi connectivity index (χ4v) is 3.12. The first-order chi connectivity index (χ1) is 8.58. The minimum absolute atomic E-state index is 0.0347. The van der Waals surface area contributed by atoms with Crippen molar-refractivity contribution in [2.75, 3.05) is 0 Å². The number of rotatable bonds is 3. The Balaban J connectivity index is 2.37. The Hall–Kier alpha value is -0.550. The van der Waals surface area contributed by atoms with Gasteiger partial charge in [0.25, 0.3) is 0 Å². The van der Waals surface area contributed by atoms with Gasteiger partial charge in [0.2, 0.25) is 0 Å². The van der Waals surface area contributed by atoms with Crippen LogP contribution in [0.25, 0.3) is 0 Å². The van der Waals surface area contributed by atoms with E-state index in [0.29, 0.717) is 5.02 Å². The molecule has 94 valence electrons. The van der Waals surface area contributed by atoms with Gasteiger partial charge in [0.1, 0.15) is 5.03 Å². The number of benzene rings is 1. The molecule has 1 aromatic carbocycles. The standard InChI is InChI=1S/C13H12BrClN2S/c1-8(16)10-7-9(14)4-5-12(10)18-13-11(15)3-2-6-17-13/h2-8H,16H2,1H3. The largest absolute Gasteiger partial charge is 0.324 e. The van der Waals surface area contributed by atoms with Gasteiger partial charge in [-0.05, 0) is 42.8 Å². The summed E-state index contributed by atoms with van der Waals surface area (Å²) in [4.78, 5) is 5.35. The average molecular weight is 344 g/mol. The van der Waals surface area contributed by atoms with Crippen molar-refractivity contribution in [2.45, 2.75) is 22.9 Å². The smallest absolute Gasteiger partial charge is 0.119 e. The van der Waals surface area contributed by atoms with E-state index in [2.05, 4.69) is 20.9 Å².